The highest BCUT2D eigenvalue weighted by molar-refractivity contribution is 8.00. The van der Waals surface area contributed by atoms with Crippen LogP contribution in [-0.4, -0.2) is 66.5 Å². The third kappa shape index (κ3) is 3.41. The van der Waals surface area contributed by atoms with Gasteiger partial charge in [-0.05, 0) is 25.6 Å². The van der Waals surface area contributed by atoms with Crippen LogP contribution in [0.3, 0.4) is 0 Å². The molecule has 2 aromatic rings. The fraction of sp³-hybridized carbons (Fsp3) is 0.500. The van der Waals surface area contributed by atoms with Gasteiger partial charge in [0.05, 0.1) is 28.2 Å². The first-order valence-electron chi connectivity index (χ1n) is 9.80. The summed E-state index contributed by atoms with van der Waals surface area (Å²) in [7, 11) is 0. The van der Waals surface area contributed by atoms with Crippen molar-refractivity contribution in [2.24, 2.45) is 0 Å². The van der Waals surface area contributed by atoms with Crippen molar-refractivity contribution in [3.8, 4) is 0 Å². The summed E-state index contributed by atoms with van der Waals surface area (Å²) in [5.74, 6) is -1.25. The number of aliphatic hydroxyl groups excluding tert-OH is 1. The number of thioether (sulfide) groups is 1. The van der Waals surface area contributed by atoms with Crippen molar-refractivity contribution in [1.82, 2.24) is 9.47 Å². The van der Waals surface area contributed by atoms with E-state index in [9.17, 15) is 14.0 Å². The van der Waals surface area contributed by atoms with E-state index in [0.717, 1.165) is 32.7 Å². The summed E-state index contributed by atoms with van der Waals surface area (Å²) in [6.45, 7) is 7.73. The van der Waals surface area contributed by atoms with E-state index in [0.29, 0.717) is 16.2 Å². The van der Waals surface area contributed by atoms with Crippen LogP contribution in [0, 0.1) is 5.82 Å². The zero-order chi connectivity index (χ0) is 20.7. The molecule has 1 fully saturated rings. The monoisotopic (exact) mass is 421 g/mol. The minimum Gasteiger partial charge on any atom is -0.459 e. The maximum atomic E-state index is 15.0. The van der Waals surface area contributed by atoms with Gasteiger partial charge in [0, 0.05) is 31.6 Å². The van der Waals surface area contributed by atoms with Gasteiger partial charge in [-0.25, -0.2) is 9.18 Å². The summed E-state index contributed by atoms with van der Waals surface area (Å²) < 4.78 is 21.8. The second kappa shape index (κ2) is 7.97. The lowest BCUT2D eigenvalue weighted by atomic mass is 10.1. The molecule has 1 aromatic carbocycles. The molecule has 1 unspecified atom stereocenters. The van der Waals surface area contributed by atoms with Crippen LogP contribution >= 0.6 is 11.8 Å². The summed E-state index contributed by atoms with van der Waals surface area (Å²) in [6, 6.07) is 2.97. The largest absolute Gasteiger partial charge is 0.459 e. The first-order valence-corrected chi connectivity index (χ1v) is 10.7. The SMILES string of the molecule is CCN1CCN(c2cc3c(cc2F)c(=O)c(C(=O)OCCO)c2n3C(C)S2)CC1. The Labute approximate surface area is 172 Å². The molecule has 3 heterocycles. The quantitative estimate of drug-likeness (QED) is 0.741. The lowest BCUT2D eigenvalue weighted by Crippen LogP contribution is -2.46. The molecule has 2 aliphatic rings. The Morgan fingerprint density at radius 1 is 1.31 bits per heavy atom. The number of rotatable bonds is 5. The zero-order valence-electron chi connectivity index (χ0n) is 16.5. The van der Waals surface area contributed by atoms with Crippen LogP contribution in [0.25, 0.3) is 10.9 Å². The maximum absolute atomic E-state index is 15.0. The Bertz CT molecular complexity index is 1020. The van der Waals surface area contributed by atoms with E-state index in [1.165, 1.54) is 17.8 Å². The summed E-state index contributed by atoms with van der Waals surface area (Å²) in [4.78, 5) is 29.7. The fourth-order valence-corrected chi connectivity index (χ4v) is 5.12. The number of halogens is 1. The molecule has 0 spiro atoms. The number of aromatic nitrogens is 1. The molecule has 156 valence electrons. The van der Waals surface area contributed by atoms with E-state index >= 15 is 0 Å². The standard InChI is InChI=1S/C20H24FN3O4S/c1-3-22-4-6-23(7-5-22)16-11-15-13(10-14(16)21)18(26)17(20(27)28-9-8-25)19-24(15)12(2)29-19/h10-12,25H,3-9H2,1-2H3. The summed E-state index contributed by atoms with van der Waals surface area (Å²) in [5, 5.41) is 9.61. The number of ether oxygens (including phenoxy) is 1. The molecule has 1 N–H and O–H groups in total. The number of likely N-dealkylation sites (N-methyl/N-ethyl adjacent to an activating group) is 1. The first-order chi connectivity index (χ1) is 14.0. The average molecular weight is 421 g/mol. The van der Waals surface area contributed by atoms with Crippen LogP contribution in [0.2, 0.25) is 0 Å². The number of carbonyl (C=O) groups excluding carboxylic acids is 1. The van der Waals surface area contributed by atoms with Crippen LogP contribution in [0.15, 0.2) is 22.0 Å². The van der Waals surface area contributed by atoms with Crippen LogP contribution in [0.1, 0.15) is 29.6 Å². The molecule has 1 aromatic heterocycles. The van der Waals surface area contributed by atoms with Crippen molar-refractivity contribution in [1.29, 1.82) is 0 Å². The van der Waals surface area contributed by atoms with Crippen molar-refractivity contribution in [3.63, 3.8) is 0 Å². The third-order valence-corrected chi connectivity index (χ3v) is 6.74. The molecular weight excluding hydrogens is 397 g/mol. The second-order valence-electron chi connectivity index (χ2n) is 7.20. The van der Waals surface area contributed by atoms with Gasteiger partial charge in [0.1, 0.15) is 18.0 Å². The summed E-state index contributed by atoms with van der Waals surface area (Å²) in [5.41, 5.74) is 0.499. The highest BCUT2D eigenvalue weighted by Crippen LogP contribution is 2.46. The zero-order valence-corrected chi connectivity index (χ0v) is 17.3. The first kappa shape index (κ1) is 20.2. The number of esters is 1. The number of hydrogen-bond acceptors (Lipinski definition) is 7. The van der Waals surface area contributed by atoms with Crippen LogP contribution in [0.4, 0.5) is 10.1 Å². The fourth-order valence-electron chi connectivity index (χ4n) is 3.97. The smallest absolute Gasteiger partial charge is 0.344 e. The lowest BCUT2D eigenvalue weighted by Gasteiger charge is -2.37. The van der Waals surface area contributed by atoms with Crippen LogP contribution in [0.5, 0.6) is 0 Å². The van der Waals surface area contributed by atoms with Crippen LogP contribution < -0.4 is 10.3 Å². The van der Waals surface area contributed by atoms with Gasteiger partial charge in [0.15, 0.2) is 0 Å². The number of hydrogen-bond donors (Lipinski definition) is 1. The molecule has 29 heavy (non-hydrogen) atoms. The number of piperazine rings is 1. The average Bonchev–Trinajstić information content (AvgIpc) is 2.72. The number of carbonyl (C=O) groups is 1. The topological polar surface area (TPSA) is 75.0 Å². The molecule has 0 radical (unpaired) electrons. The Hall–Kier alpha value is -2.10. The molecule has 9 heteroatoms. The van der Waals surface area contributed by atoms with E-state index < -0.39 is 17.2 Å². The van der Waals surface area contributed by atoms with Gasteiger partial charge in [-0.3, -0.25) is 4.79 Å². The van der Waals surface area contributed by atoms with Crippen molar-refractivity contribution in [3.05, 3.63) is 33.7 Å². The number of pyridine rings is 1. The number of fused-ring (bicyclic) bond motifs is 3. The van der Waals surface area contributed by atoms with Gasteiger partial charge in [0.2, 0.25) is 5.43 Å². The van der Waals surface area contributed by atoms with E-state index in [1.54, 1.807) is 6.07 Å². The van der Waals surface area contributed by atoms with E-state index in [4.69, 9.17) is 9.84 Å². The Morgan fingerprint density at radius 2 is 2.03 bits per heavy atom. The van der Waals surface area contributed by atoms with Crippen LogP contribution in [-0.2, 0) is 4.74 Å². The minimum atomic E-state index is -0.783. The summed E-state index contributed by atoms with van der Waals surface area (Å²) >= 11 is 1.41. The molecular formula is C20H24FN3O4S. The Balaban J connectivity index is 1.80. The number of nitrogens with zero attached hydrogens (tertiary/aromatic N) is 3. The van der Waals surface area contributed by atoms with E-state index in [2.05, 4.69) is 11.8 Å². The van der Waals surface area contributed by atoms with E-state index in [-0.39, 0.29) is 29.5 Å². The number of anilines is 1. The molecule has 0 amide bonds. The Morgan fingerprint density at radius 3 is 2.66 bits per heavy atom. The van der Waals surface area contributed by atoms with Crippen molar-refractivity contribution in [2.75, 3.05) is 50.8 Å². The van der Waals surface area contributed by atoms with Gasteiger partial charge in [-0.1, -0.05) is 18.7 Å². The highest BCUT2D eigenvalue weighted by atomic mass is 32.2. The highest BCUT2D eigenvalue weighted by Gasteiger charge is 2.34. The van der Waals surface area contributed by atoms with Gasteiger partial charge >= 0.3 is 5.97 Å². The number of benzene rings is 1. The van der Waals surface area contributed by atoms with Crippen molar-refractivity contribution < 1.29 is 19.0 Å². The predicted molar refractivity (Wildman–Crippen MR) is 110 cm³/mol. The minimum absolute atomic E-state index is 0.0211. The normalized spacial score (nSPS) is 19.2. The Kier molecular flexibility index (Phi) is 5.54. The van der Waals surface area contributed by atoms with Gasteiger partial charge in [-0.15, -0.1) is 0 Å². The van der Waals surface area contributed by atoms with Gasteiger partial charge < -0.3 is 24.2 Å². The van der Waals surface area contributed by atoms with Crippen molar-refractivity contribution >= 4 is 34.3 Å². The molecule has 4 rings (SSSR count). The molecule has 1 atom stereocenters. The second-order valence-corrected chi connectivity index (χ2v) is 8.50. The van der Waals surface area contributed by atoms with Gasteiger partial charge in [0.25, 0.3) is 0 Å². The molecule has 7 nitrogen and oxygen atoms in total. The predicted octanol–water partition coefficient (Wildman–Crippen LogP) is 2.06. The number of aliphatic hydroxyl groups is 1. The molecule has 0 bridgehead atoms. The van der Waals surface area contributed by atoms with Crippen molar-refractivity contribution in [2.45, 2.75) is 24.2 Å². The molecule has 1 saturated heterocycles. The molecule has 0 saturated carbocycles. The maximum Gasteiger partial charge on any atom is 0.344 e. The molecule has 0 aliphatic carbocycles. The third-order valence-electron chi connectivity index (χ3n) is 5.56. The summed E-state index contributed by atoms with van der Waals surface area (Å²) in [6.07, 6.45) is 0. The van der Waals surface area contributed by atoms with Gasteiger partial charge in [-0.2, -0.15) is 0 Å². The van der Waals surface area contributed by atoms with E-state index in [1.807, 2.05) is 16.4 Å². The molecule has 2 aliphatic heterocycles. The lowest BCUT2D eigenvalue weighted by molar-refractivity contribution is 0.0426.